The molecule has 0 unspecified atom stereocenters. The Bertz CT molecular complexity index is 737. The van der Waals surface area contributed by atoms with Crippen molar-refractivity contribution < 1.29 is 24.1 Å². The van der Waals surface area contributed by atoms with E-state index in [2.05, 4.69) is 16.9 Å². The average molecular weight is 413 g/mol. The second-order valence-electron chi connectivity index (χ2n) is 8.05. The van der Waals surface area contributed by atoms with E-state index in [1.54, 1.807) is 0 Å². The average Bonchev–Trinajstić information content (AvgIpc) is 2.73. The molecule has 0 saturated heterocycles. The summed E-state index contributed by atoms with van der Waals surface area (Å²) >= 11 is 0. The quantitative estimate of drug-likeness (QED) is 0.661. The molecule has 2 aliphatic rings. The van der Waals surface area contributed by atoms with E-state index in [0.29, 0.717) is 31.8 Å². The van der Waals surface area contributed by atoms with Crippen molar-refractivity contribution in [1.82, 2.24) is 0 Å². The molecule has 0 atom stereocenters. The van der Waals surface area contributed by atoms with Gasteiger partial charge in [0.1, 0.15) is 0 Å². The number of carbonyl (C=O) groups is 1. The highest BCUT2D eigenvalue weighted by Crippen LogP contribution is 2.31. The van der Waals surface area contributed by atoms with Crippen molar-refractivity contribution in [2.75, 3.05) is 13.7 Å². The monoisotopic (exact) mass is 412 g/mol. The molecule has 0 aromatic heterocycles. The Hall–Kier alpha value is -2.21. The van der Waals surface area contributed by atoms with Gasteiger partial charge in [0.25, 0.3) is 0 Å². The molecule has 30 heavy (non-hydrogen) atoms. The van der Waals surface area contributed by atoms with Gasteiger partial charge in [0.05, 0.1) is 38.4 Å². The van der Waals surface area contributed by atoms with Gasteiger partial charge in [-0.3, -0.25) is 4.79 Å². The minimum absolute atomic E-state index is 0.0470. The van der Waals surface area contributed by atoms with Crippen LogP contribution in [0.1, 0.15) is 36.8 Å². The normalized spacial score (nSPS) is 24.6. The zero-order chi connectivity index (χ0) is 21.2. The molecule has 4 rings (SSSR count). The van der Waals surface area contributed by atoms with Gasteiger partial charge in [-0.25, -0.2) is 0 Å². The summed E-state index contributed by atoms with van der Waals surface area (Å²) in [5, 5.41) is 8.83. The number of aliphatic hydroxyl groups is 1. The standard InChI is InChI=1S/C13H16O3.C12H16O2/c1-15-13(14)11-7-12(8-11)16-9-10-5-3-2-4-6-10;13-8-11-6-12(7-11)14-9-10-4-2-1-3-5-10/h2-6,11-12H,7-9H2,1H3;1-5,11-13H,6-9H2. The maximum absolute atomic E-state index is 11.1. The van der Waals surface area contributed by atoms with Crippen molar-refractivity contribution in [3.05, 3.63) is 71.8 Å². The molecule has 2 fully saturated rings. The molecule has 2 aromatic rings. The van der Waals surface area contributed by atoms with Gasteiger partial charge in [-0.05, 0) is 42.7 Å². The first kappa shape index (κ1) is 22.5. The fourth-order valence-electron chi connectivity index (χ4n) is 3.60. The van der Waals surface area contributed by atoms with E-state index in [0.717, 1.165) is 25.7 Å². The third-order valence-electron chi connectivity index (χ3n) is 5.74. The van der Waals surface area contributed by atoms with Crippen LogP contribution in [0.15, 0.2) is 60.7 Å². The van der Waals surface area contributed by atoms with Crippen LogP contribution in [0.25, 0.3) is 0 Å². The third kappa shape index (κ3) is 6.94. The molecule has 2 aromatic carbocycles. The number of aliphatic hydroxyl groups excluding tert-OH is 1. The Morgan fingerprint density at radius 1 is 0.833 bits per heavy atom. The molecule has 0 bridgehead atoms. The molecular weight excluding hydrogens is 380 g/mol. The zero-order valence-electron chi connectivity index (χ0n) is 17.6. The predicted molar refractivity (Wildman–Crippen MR) is 115 cm³/mol. The molecule has 162 valence electrons. The van der Waals surface area contributed by atoms with Gasteiger partial charge in [-0.1, -0.05) is 60.7 Å². The minimum atomic E-state index is -0.112. The Balaban J connectivity index is 0.000000172. The van der Waals surface area contributed by atoms with E-state index in [-0.39, 0.29) is 18.0 Å². The molecule has 5 nitrogen and oxygen atoms in total. The van der Waals surface area contributed by atoms with Crippen LogP contribution >= 0.6 is 0 Å². The SMILES string of the molecule is COC(=O)C1CC(OCc2ccccc2)C1.OCC1CC(OCc2ccccc2)C1. The van der Waals surface area contributed by atoms with Gasteiger partial charge < -0.3 is 19.3 Å². The summed E-state index contributed by atoms with van der Waals surface area (Å²) in [4.78, 5) is 11.1. The number of methoxy groups -OCH3 is 1. The Labute approximate surface area is 179 Å². The van der Waals surface area contributed by atoms with Crippen LogP contribution in [0.2, 0.25) is 0 Å². The maximum Gasteiger partial charge on any atom is 0.308 e. The number of hydrogen-bond acceptors (Lipinski definition) is 5. The second-order valence-corrected chi connectivity index (χ2v) is 8.05. The van der Waals surface area contributed by atoms with E-state index < -0.39 is 0 Å². The van der Waals surface area contributed by atoms with E-state index in [1.807, 2.05) is 48.5 Å². The number of carbonyl (C=O) groups excluding carboxylic acids is 1. The zero-order valence-corrected chi connectivity index (χ0v) is 17.6. The molecule has 5 heteroatoms. The topological polar surface area (TPSA) is 65.0 Å². The lowest BCUT2D eigenvalue weighted by atomic mass is 9.82. The van der Waals surface area contributed by atoms with Crippen molar-refractivity contribution in [3.8, 4) is 0 Å². The summed E-state index contributed by atoms with van der Waals surface area (Å²) in [5.74, 6) is 0.418. The third-order valence-corrected chi connectivity index (χ3v) is 5.74. The fourth-order valence-corrected chi connectivity index (χ4v) is 3.60. The summed E-state index contributed by atoms with van der Waals surface area (Å²) in [6, 6.07) is 20.3. The van der Waals surface area contributed by atoms with Crippen molar-refractivity contribution in [1.29, 1.82) is 0 Å². The van der Waals surface area contributed by atoms with E-state index in [1.165, 1.54) is 18.2 Å². The Morgan fingerprint density at radius 2 is 1.30 bits per heavy atom. The Morgan fingerprint density at radius 3 is 1.73 bits per heavy atom. The van der Waals surface area contributed by atoms with Crippen molar-refractivity contribution in [2.24, 2.45) is 11.8 Å². The Kier molecular flexibility index (Phi) is 8.87. The highest BCUT2D eigenvalue weighted by atomic mass is 16.5. The maximum atomic E-state index is 11.1. The molecule has 0 heterocycles. The minimum Gasteiger partial charge on any atom is -0.469 e. The van der Waals surface area contributed by atoms with Crippen LogP contribution in [-0.4, -0.2) is 37.0 Å². The summed E-state index contributed by atoms with van der Waals surface area (Å²) in [6.45, 7) is 1.63. The van der Waals surface area contributed by atoms with Gasteiger partial charge in [-0.15, -0.1) is 0 Å². The van der Waals surface area contributed by atoms with Crippen molar-refractivity contribution >= 4 is 5.97 Å². The first-order chi connectivity index (χ1) is 14.7. The molecule has 0 spiro atoms. The number of esters is 1. The number of ether oxygens (including phenoxy) is 3. The summed E-state index contributed by atoms with van der Waals surface area (Å²) in [7, 11) is 1.43. The van der Waals surface area contributed by atoms with Gasteiger partial charge in [0.15, 0.2) is 0 Å². The van der Waals surface area contributed by atoms with Crippen LogP contribution in [0, 0.1) is 11.8 Å². The van der Waals surface area contributed by atoms with Crippen molar-refractivity contribution in [3.63, 3.8) is 0 Å². The summed E-state index contributed by atoms with van der Waals surface area (Å²) in [5.41, 5.74) is 2.39. The van der Waals surface area contributed by atoms with Gasteiger partial charge in [-0.2, -0.15) is 0 Å². The van der Waals surface area contributed by atoms with Crippen LogP contribution in [0.5, 0.6) is 0 Å². The van der Waals surface area contributed by atoms with Gasteiger partial charge in [0.2, 0.25) is 0 Å². The lowest BCUT2D eigenvalue weighted by Gasteiger charge is -2.33. The van der Waals surface area contributed by atoms with Crippen LogP contribution in [0.3, 0.4) is 0 Å². The first-order valence-electron chi connectivity index (χ1n) is 10.7. The number of hydrogen-bond donors (Lipinski definition) is 1. The number of benzene rings is 2. The molecular formula is C25H32O5. The fraction of sp³-hybridized carbons (Fsp3) is 0.480. The molecule has 2 aliphatic carbocycles. The summed E-state index contributed by atoms with van der Waals surface area (Å²) in [6.07, 6.45) is 4.20. The lowest BCUT2D eigenvalue weighted by molar-refractivity contribution is -0.155. The van der Waals surface area contributed by atoms with E-state index >= 15 is 0 Å². The molecule has 0 aliphatic heterocycles. The largest absolute Gasteiger partial charge is 0.469 e. The van der Waals surface area contributed by atoms with Gasteiger partial charge in [0, 0.05) is 6.61 Å². The van der Waals surface area contributed by atoms with Crippen LogP contribution in [0.4, 0.5) is 0 Å². The lowest BCUT2D eigenvalue weighted by Crippen LogP contribution is -2.36. The highest BCUT2D eigenvalue weighted by molar-refractivity contribution is 5.73. The second kappa shape index (κ2) is 11.8. The van der Waals surface area contributed by atoms with E-state index in [9.17, 15) is 4.79 Å². The number of rotatable bonds is 8. The summed E-state index contributed by atoms with van der Waals surface area (Å²) < 4.78 is 16.0. The molecule has 2 saturated carbocycles. The van der Waals surface area contributed by atoms with Gasteiger partial charge >= 0.3 is 5.97 Å². The highest BCUT2D eigenvalue weighted by Gasteiger charge is 2.35. The molecule has 0 radical (unpaired) electrons. The van der Waals surface area contributed by atoms with Crippen LogP contribution < -0.4 is 0 Å². The van der Waals surface area contributed by atoms with Crippen LogP contribution in [-0.2, 0) is 32.2 Å². The smallest absolute Gasteiger partial charge is 0.308 e. The van der Waals surface area contributed by atoms with Crippen molar-refractivity contribution in [2.45, 2.75) is 51.1 Å². The first-order valence-corrected chi connectivity index (χ1v) is 10.7. The van der Waals surface area contributed by atoms with E-state index in [4.69, 9.17) is 14.6 Å². The molecule has 0 amide bonds. The predicted octanol–water partition coefficient (Wildman–Crippen LogP) is 4.13. The molecule has 1 N–H and O–H groups in total.